The van der Waals surface area contributed by atoms with Gasteiger partial charge in [-0.15, -0.1) is 0 Å². The SMILES string of the molecule is CC(O)(Cn1cc(C#N)cn1)[C@H]1CC[C@H]2[C@@H]3CC[C@H]4CC[C@](C)(O)CC[C@]4(C)[C@H]3CC[C@]12C. The lowest BCUT2D eigenvalue weighted by Crippen LogP contribution is -2.54. The lowest BCUT2D eigenvalue weighted by Gasteiger charge is -2.60. The fraction of sp³-hybridized carbons (Fsp3) is 0.857. The van der Waals surface area contributed by atoms with Crippen LogP contribution in [0.4, 0.5) is 0 Å². The van der Waals surface area contributed by atoms with Gasteiger partial charge in [0.1, 0.15) is 6.07 Å². The van der Waals surface area contributed by atoms with Gasteiger partial charge in [0.2, 0.25) is 0 Å². The van der Waals surface area contributed by atoms with E-state index in [1.54, 1.807) is 17.1 Å². The number of hydrogen-bond acceptors (Lipinski definition) is 4. The van der Waals surface area contributed by atoms with Crippen molar-refractivity contribution in [3.05, 3.63) is 18.0 Å². The molecule has 5 heteroatoms. The van der Waals surface area contributed by atoms with Gasteiger partial charge in [0, 0.05) is 6.20 Å². The molecule has 1 heterocycles. The number of nitriles is 1. The minimum atomic E-state index is -0.836. The van der Waals surface area contributed by atoms with Gasteiger partial charge in [0.25, 0.3) is 0 Å². The second-order valence-electron chi connectivity index (χ2n) is 13.3. The van der Waals surface area contributed by atoms with Crippen molar-refractivity contribution in [1.29, 1.82) is 5.26 Å². The number of aliphatic hydroxyl groups is 2. The molecule has 0 bridgehead atoms. The van der Waals surface area contributed by atoms with Crippen LogP contribution in [-0.4, -0.2) is 31.2 Å². The third kappa shape index (κ3) is 3.76. The van der Waals surface area contributed by atoms with Crippen LogP contribution in [0, 0.1) is 51.8 Å². The molecule has 4 fully saturated rings. The van der Waals surface area contributed by atoms with Gasteiger partial charge in [-0.3, -0.25) is 4.68 Å². The minimum absolute atomic E-state index is 0.162. The van der Waals surface area contributed by atoms with Crippen LogP contribution in [-0.2, 0) is 6.54 Å². The van der Waals surface area contributed by atoms with Crippen molar-refractivity contribution in [2.75, 3.05) is 0 Å². The molecule has 4 aliphatic rings. The van der Waals surface area contributed by atoms with E-state index in [9.17, 15) is 10.2 Å². The van der Waals surface area contributed by atoms with Gasteiger partial charge >= 0.3 is 0 Å². The highest BCUT2D eigenvalue weighted by Gasteiger charge is 2.62. The molecule has 9 atom stereocenters. The Morgan fingerprint density at radius 1 is 1.03 bits per heavy atom. The Morgan fingerprint density at radius 2 is 1.79 bits per heavy atom. The van der Waals surface area contributed by atoms with E-state index in [4.69, 9.17) is 5.26 Å². The van der Waals surface area contributed by atoms with Crippen LogP contribution in [0.1, 0.15) is 97.5 Å². The molecule has 4 saturated carbocycles. The van der Waals surface area contributed by atoms with Crippen LogP contribution >= 0.6 is 0 Å². The highest BCUT2D eigenvalue weighted by atomic mass is 16.3. The van der Waals surface area contributed by atoms with Gasteiger partial charge < -0.3 is 10.2 Å². The quantitative estimate of drug-likeness (QED) is 0.650. The zero-order valence-corrected chi connectivity index (χ0v) is 21.1. The summed E-state index contributed by atoms with van der Waals surface area (Å²) in [4.78, 5) is 0. The molecule has 0 aromatic carbocycles. The van der Waals surface area contributed by atoms with E-state index in [-0.39, 0.29) is 11.3 Å². The van der Waals surface area contributed by atoms with E-state index in [2.05, 4.69) is 25.0 Å². The van der Waals surface area contributed by atoms with Gasteiger partial charge in [-0.1, -0.05) is 13.8 Å². The van der Waals surface area contributed by atoms with Crippen molar-refractivity contribution in [2.45, 2.75) is 110 Å². The van der Waals surface area contributed by atoms with Gasteiger partial charge in [-0.2, -0.15) is 10.4 Å². The van der Waals surface area contributed by atoms with Crippen LogP contribution in [0.2, 0.25) is 0 Å². The summed E-state index contributed by atoms with van der Waals surface area (Å²) in [5.41, 5.74) is -0.261. The zero-order chi connectivity index (χ0) is 23.6. The van der Waals surface area contributed by atoms with Gasteiger partial charge in [0.15, 0.2) is 0 Å². The summed E-state index contributed by atoms with van der Waals surface area (Å²) in [6.07, 6.45) is 15.0. The molecule has 4 aliphatic carbocycles. The predicted octanol–water partition coefficient (Wildman–Crippen LogP) is 5.31. The average Bonchev–Trinajstić information content (AvgIpc) is 3.32. The van der Waals surface area contributed by atoms with E-state index >= 15 is 0 Å². The molecule has 0 saturated heterocycles. The molecule has 1 aromatic rings. The molecule has 33 heavy (non-hydrogen) atoms. The summed E-state index contributed by atoms with van der Waals surface area (Å²) in [5.74, 6) is 3.21. The molecule has 5 rings (SSSR count). The Hall–Kier alpha value is -1.38. The van der Waals surface area contributed by atoms with Crippen LogP contribution < -0.4 is 0 Å². The molecule has 5 nitrogen and oxygen atoms in total. The molecule has 1 aromatic heterocycles. The van der Waals surface area contributed by atoms with E-state index in [0.29, 0.717) is 23.4 Å². The smallest absolute Gasteiger partial charge is 0.102 e. The first-order valence-corrected chi connectivity index (χ1v) is 13.4. The van der Waals surface area contributed by atoms with Crippen LogP contribution in [0.3, 0.4) is 0 Å². The molecule has 2 N–H and O–H groups in total. The van der Waals surface area contributed by atoms with Crippen LogP contribution in [0.25, 0.3) is 0 Å². The lowest BCUT2D eigenvalue weighted by atomic mass is 9.45. The molecule has 0 radical (unpaired) electrons. The second-order valence-corrected chi connectivity index (χ2v) is 13.3. The van der Waals surface area contributed by atoms with Gasteiger partial charge in [0.05, 0.1) is 29.5 Å². The largest absolute Gasteiger partial charge is 0.390 e. The van der Waals surface area contributed by atoms with Crippen molar-refractivity contribution in [3.63, 3.8) is 0 Å². The number of fused-ring (bicyclic) bond motifs is 5. The maximum absolute atomic E-state index is 11.7. The molecular weight excluding hydrogens is 410 g/mol. The standard InChI is InChI=1S/C28H43N3O2/c1-25(32)11-9-20-5-6-21-22-7-8-24(28(4,33)18-31-17-19(15-29)16-30-31)27(22,3)12-10-23(21)26(20,2)14-13-25/h16-17,20-24,32-33H,5-14,18H2,1-4H3/t20-,21-,22-,23-,24-,25-,26-,27-,28?/m0/s1. The third-order valence-electron chi connectivity index (χ3n) is 11.3. The summed E-state index contributed by atoms with van der Waals surface area (Å²) in [6.45, 7) is 9.52. The zero-order valence-electron chi connectivity index (χ0n) is 21.1. The Balaban J connectivity index is 1.37. The fourth-order valence-electron chi connectivity index (χ4n) is 9.51. The van der Waals surface area contributed by atoms with E-state index in [0.717, 1.165) is 43.4 Å². The van der Waals surface area contributed by atoms with Crippen LogP contribution in [0.15, 0.2) is 12.4 Å². The Morgan fingerprint density at radius 3 is 2.52 bits per heavy atom. The molecule has 1 unspecified atom stereocenters. The van der Waals surface area contributed by atoms with E-state index in [1.807, 2.05) is 13.8 Å². The first-order valence-electron chi connectivity index (χ1n) is 13.4. The van der Waals surface area contributed by atoms with Gasteiger partial charge in [-0.05, 0) is 118 Å². The van der Waals surface area contributed by atoms with Crippen LogP contribution in [0.5, 0.6) is 0 Å². The summed E-state index contributed by atoms with van der Waals surface area (Å²) in [5, 5.41) is 36.0. The first kappa shape index (κ1) is 23.4. The maximum Gasteiger partial charge on any atom is 0.102 e. The highest BCUT2D eigenvalue weighted by molar-refractivity contribution is 5.22. The number of nitrogens with zero attached hydrogens (tertiary/aromatic N) is 3. The van der Waals surface area contributed by atoms with Crippen molar-refractivity contribution in [2.24, 2.45) is 40.4 Å². The topological polar surface area (TPSA) is 82.1 Å². The van der Waals surface area contributed by atoms with Gasteiger partial charge in [-0.25, -0.2) is 0 Å². The molecule has 0 aliphatic heterocycles. The molecule has 0 amide bonds. The van der Waals surface area contributed by atoms with Crippen molar-refractivity contribution >= 4 is 0 Å². The summed E-state index contributed by atoms with van der Waals surface area (Å²) >= 11 is 0. The summed E-state index contributed by atoms with van der Waals surface area (Å²) < 4.78 is 1.75. The maximum atomic E-state index is 11.7. The second kappa shape index (κ2) is 7.82. The minimum Gasteiger partial charge on any atom is -0.390 e. The molecule has 182 valence electrons. The number of rotatable bonds is 3. The molecular formula is C28H43N3O2. The van der Waals surface area contributed by atoms with Crippen molar-refractivity contribution in [1.82, 2.24) is 9.78 Å². The van der Waals surface area contributed by atoms with Crippen molar-refractivity contribution in [3.8, 4) is 6.07 Å². The predicted molar refractivity (Wildman–Crippen MR) is 128 cm³/mol. The highest BCUT2D eigenvalue weighted by Crippen LogP contribution is 2.68. The fourth-order valence-corrected chi connectivity index (χ4v) is 9.51. The Kier molecular flexibility index (Phi) is 5.54. The Labute approximate surface area is 199 Å². The molecule has 0 spiro atoms. The van der Waals surface area contributed by atoms with E-state index < -0.39 is 11.2 Å². The van der Waals surface area contributed by atoms with E-state index in [1.165, 1.54) is 38.5 Å². The summed E-state index contributed by atoms with van der Waals surface area (Å²) in [7, 11) is 0. The monoisotopic (exact) mass is 453 g/mol. The first-order chi connectivity index (χ1) is 15.5. The summed E-state index contributed by atoms with van der Waals surface area (Å²) in [6, 6.07) is 2.14. The number of aromatic nitrogens is 2. The third-order valence-corrected chi connectivity index (χ3v) is 11.3. The normalized spacial score (nSPS) is 46.9. The average molecular weight is 454 g/mol. The Bertz CT molecular complexity index is 930. The van der Waals surface area contributed by atoms with Crippen molar-refractivity contribution < 1.29 is 10.2 Å². The number of hydrogen-bond donors (Lipinski definition) is 2. The lowest BCUT2D eigenvalue weighted by molar-refractivity contribution is -0.131.